The zero-order chi connectivity index (χ0) is 43.5. The first-order chi connectivity index (χ1) is 30.4. The minimum Gasteiger partial charge on any atom is -0.459 e. The Kier molecular flexibility index (Phi) is 15.1. The lowest BCUT2D eigenvalue weighted by Gasteiger charge is -2.60. The van der Waals surface area contributed by atoms with Crippen LogP contribution < -0.4 is 9.47 Å². The van der Waals surface area contributed by atoms with Gasteiger partial charge in [-0.3, -0.25) is 4.79 Å². The third-order valence-electron chi connectivity index (χ3n) is 12.4. The minimum absolute atomic E-state index is 0.0253. The van der Waals surface area contributed by atoms with Gasteiger partial charge in [0.15, 0.2) is 0 Å². The number of nitriles is 1. The van der Waals surface area contributed by atoms with Crippen molar-refractivity contribution in [2.24, 2.45) is 22.9 Å². The van der Waals surface area contributed by atoms with E-state index >= 15 is 0 Å². The molecule has 0 radical (unpaired) electrons. The first-order valence-corrected chi connectivity index (χ1v) is 21.7. The molecule has 6 atom stereocenters. The molecule has 0 unspecified atom stereocenters. The summed E-state index contributed by atoms with van der Waals surface area (Å²) in [6, 6.07) is 27.9. The maximum atomic E-state index is 15.0. The molecular weight excluding hydrogens is 787 g/mol. The van der Waals surface area contributed by atoms with Gasteiger partial charge in [0.1, 0.15) is 30.4 Å². The van der Waals surface area contributed by atoms with Crippen LogP contribution in [-0.4, -0.2) is 97.0 Å². The summed E-state index contributed by atoms with van der Waals surface area (Å²) in [4.78, 5) is 22.3. The molecule has 1 heterocycles. The van der Waals surface area contributed by atoms with Gasteiger partial charge in [-0.15, -0.1) is 6.58 Å². The number of hydrogen-bond donors (Lipinski definition) is 3. The SMILES string of the molecule is C=CCO[C@@]12Oc3ccc(Oc4ccc5ccccc5c4)cc3[C@H]3[C@H](CCCCO)[C@@H](CCCCO)C=C(C(=NOC)C[C@@H]1N(CCOCCO)C(=O)c1ccc(C#N)cc1)[C@H]32. The van der Waals surface area contributed by atoms with Crippen LogP contribution in [0.25, 0.3) is 10.8 Å². The average Bonchev–Trinajstić information content (AvgIpc) is 3.30. The van der Waals surface area contributed by atoms with Crippen LogP contribution in [0.1, 0.15) is 72.3 Å². The fourth-order valence-corrected chi connectivity index (χ4v) is 9.77. The molecule has 3 N–H and O–H groups in total. The number of aliphatic hydroxyl groups excluding tert-OH is 3. The van der Waals surface area contributed by atoms with Gasteiger partial charge in [0, 0.05) is 43.2 Å². The highest BCUT2D eigenvalue weighted by atomic mass is 16.7. The molecule has 1 fully saturated rings. The Balaban J connectivity index is 1.42. The summed E-state index contributed by atoms with van der Waals surface area (Å²) in [5.74, 6) is -0.531. The van der Waals surface area contributed by atoms with Gasteiger partial charge in [-0.1, -0.05) is 60.5 Å². The molecule has 4 aromatic carbocycles. The van der Waals surface area contributed by atoms with Crippen LogP contribution in [0, 0.1) is 29.1 Å². The van der Waals surface area contributed by atoms with Crippen LogP contribution in [0.15, 0.2) is 114 Å². The second-order valence-electron chi connectivity index (χ2n) is 16.1. The number of carbonyl (C=O) groups is 1. The zero-order valence-corrected chi connectivity index (χ0v) is 35.4. The van der Waals surface area contributed by atoms with Gasteiger partial charge in [0.25, 0.3) is 5.91 Å². The summed E-state index contributed by atoms with van der Waals surface area (Å²) in [7, 11) is 1.51. The zero-order valence-electron chi connectivity index (χ0n) is 35.4. The van der Waals surface area contributed by atoms with Crippen LogP contribution in [0.4, 0.5) is 0 Å². The topological polar surface area (TPSA) is 163 Å². The van der Waals surface area contributed by atoms with Crippen molar-refractivity contribution in [3.63, 3.8) is 0 Å². The van der Waals surface area contributed by atoms with Crippen LogP contribution in [0.3, 0.4) is 0 Å². The van der Waals surface area contributed by atoms with E-state index in [0.29, 0.717) is 46.9 Å². The number of aliphatic hydroxyl groups is 3. The van der Waals surface area contributed by atoms with Crippen molar-refractivity contribution in [2.75, 3.05) is 53.3 Å². The highest BCUT2D eigenvalue weighted by molar-refractivity contribution is 6.03. The summed E-state index contributed by atoms with van der Waals surface area (Å²) in [5, 5.41) is 45.8. The first-order valence-electron chi connectivity index (χ1n) is 21.7. The van der Waals surface area contributed by atoms with E-state index in [1.165, 1.54) is 7.11 Å². The molecule has 0 saturated heterocycles. The van der Waals surface area contributed by atoms with Gasteiger partial charge >= 0.3 is 0 Å². The summed E-state index contributed by atoms with van der Waals surface area (Å²) < 4.78 is 26.8. The van der Waals surface area contributed by atoms with Gasteiger partial charge in [0.2, 0.25) is 5.79 Å². The lowest BCUT2D eigenvalue weighted by Crippen LogP contribution is -2.70. The minimum atomic E-state index is -1.48. The number of fused-ring (bicyclic) bond motifs is 3. The van der Waals surface area contributed by atoms with Crippen LogP contribution in [-0.2, 0) is 14.3 Å². The molecular formula is C50H57N3O9. The maximum absolute atomic E-state index is 15.0. The van der Waals surface area contributed by atoms with Crippen molar-refractivity contribution in [1.82, 2.24) is 4.90 Å². The highest BCUT2D eigenvalue weighted by Crippen LogP contribution is 2.62. The molecule has 1 amide bonds. The number of carbonyl (C=O) groups excluding carboxylic acids is 1. The molecule has 7 rings (SSSR count). The van der Waals surface area contributed by atoms with Gasteiger partial charge in [-0.2, -0.15) is 5.26 Å². The van der Waals surface area contributed by atoms with E-state index in [2.05, 4.69) is 42.1 Å². The Morgan fingerprint density at radius 1 is 0.935 bits per heavy atom. The molecule has 0 bridgehead atoms. The van der Waals surface area contributed by atoms with Crippen molar-refractivity contribution in [1.29, 1.82) is 5.26 Å². The molecule has 0 aromatic heterocycles. The average molecular weight is 844 g/mol. The second-order valence-corrected chi connectivity index (χ2v) is 16.1. The number of ether oxygens (including phenoxy) is 4. The standard InChI is InChI=1S/C50H57N3O9/c1-3-26-60-50-46(53(22-27-59-28-25-56)49(57)36-16-14-34(33-51)15-17-36)32-44(52-58-2)42-30-38(12-6-8-23-54)41(13-7-9-24-55)47(48(42)50)43-31-40(20-21-45(43)62-50)61-39-19-18-35-10-4-5-11-37(35)29-39/h3-5,10-11,14-21,29-31,38,41,46-48,54-56H,1,6-9,12-13,22-28,32H2,2H3/t38-,41+,46-,47+,48+,50+/m0/s1. The number of unbranched alkanes of at least 4 members (excludes halogenated alkanes) is 2. The van der Waals surface area contributed by atoms with Crippen molar-refractivity contribution >= 4 is 22.4 Å². The van der Waals surface area contributed by atoms with E-state index < -0.39 is 17.7 Å². The number of oxime groups is 1. The van der Waals surface area contributed by atoms with Gasteiger partial charge in [-0.25, -0.2) is 0 Å². The molecule has 3 aliphatic rings. The molecule has 12 heteroatoms. The number of amides is 1. The fourth-order valence-electron chi connectivity index (χ4n) is 9.77. The number of allylic oxidation sites excluding steroid dienone is 1. The number of rotatable bonds is 21. The lowest BCUT2D eigenvalue weighted by atomic mass is 9.55. The van der Waals surface area contributed by atoms with E-state index in [1.807, 2.05) is 42.5 Å². The van der Waals surface area contributed by atoms with Crippen molar-refractivity contribution in [2.45, 2.75) is 62.7 Å². The van der Waals surface area contributed by atoms with E-state index in [-0.39, 0.29) is 76.3 Å². The van der Waals surface area contributed by atoms with Gasteiger partial charge < -0.3 is 44.0 Å². The highest BCUT2D eigenvalue weighted by Gasteiger charge is 2.65. The Labute approximate surface area is 363 Å². The lowest BCUT2D eigenvalue weighted by molar-refractivity contribution is -0.254. The van der Waals surface area contributed by atoms with Crippen LogP contribution >= 0.6 is 0 Å². The molecule has 0 spiro atoms. The molecule has 62 heavy (non-hydrogen) atoms. The number of hydrogen-bond acceptors (Lipinski definition) is 11. The summed E-state index contributed by atoms with van der Waals surface area (Å²) in [6.07, 6.45) is 8.68. The van der Waals surface area contributed by atoms with E-state index in [9.17, 15) is 25.4 Å². The Morgan fingerprint density at radius 3 is 2.40 bits per heavy atom. The maximum Gasteiger partial charge on any atom is 0.254 e. The molecule has 4 aromatic rings. The molecule has 1 saturated carbocycles. The smallest absolute Gasteiger partial charge is 0.254 e. The van der Waals surface area contributed by atoms with E-state index in [4.69, 9.17) is 23.8 Å². The Hall–Kier alpha value is -5.55. The largest absolute Gasteiger partial charge is 0.459 e. The van der Waals surface area contributed by atoms with Crippen LogP contribution in [0.5, 0.6) is 17.2 Å². The predicted octanol–water partition coefficient (Wildman–Crippen LogP) is 7.92. The van der Waals surface area contributed by atoms with E-state index in [0.717, 1.165) is 47.6 Å². The third-order valence-corrected chi connectivity index (χ3v) is 12.4. The Bertz CT molecular complexity index is 2270. The normalized spacial score (nSPS) is 23.0. The molecule has 1 aliphatic heterocycles. The van der Waals surface area contributed by atoms with Crippen molar-refractivity contribution < 1.29 is 43.9 Å². The summed E-state index contributed by atoms with van der Waals surface area (Å²) in [5.41, 5.74) is 3.31. The van der Waals surface area contributed by atoms with Crippen LogP contribution in [0.2, 0.25) is 0 Å². The quantitative estimate of drug-likeness (QED) is 0.0427. The molecule has 2 aliphatic carbocycles. The molecule has 326 valence electrons. The van der Waals surface area contributed by atoms with E-state index in [1.54, 1.807) is 35.2 Å². The Morgan fingerprint density at radius 2 is 1.68 bits per heavy atom. The number of benzene rings is 4. The monoisotopic (exact) mass is 843 g/mol. The van der Waals surface area contributed by atoms with Crippen molar-refractivity contribution in [3.05, 3.63) is 126 Å². The fraction of sp³-hybridized carbons (Fsp3) is 0.420. The first kappa shape index (κ1) is 44.5. The summed E-state index contributed by atoms with van der Waals surface area (Å²) in [6.45, 7) is 4.46. The summed E-state index contributed by atoms with van der Waals surface area (Å²) >= 11 is 0. The predicted molar refractivity (Wildman–Crippen MR) is 236 cm³/mol. The number of nitrogens with zero attached hydrogens (tertiary/aromatic N) is 3. The van der Waals surface area contributed by atoms with Crippen molar-refractivity contribution in [3.8, 4) is 23.3 Å². The second kappa shape index (κ2) is 21.0. The third kappa shape index (κ3) is 9.43. The van der Waals surface area contributed by atoms with Gasteiger partial charge in [0.05, 0.1) is 49.7 Å². The molecule has 12 nitrogen and oxygen atoms in total. The van der Waals surface area contributed by atoms with Gasteiger partial charge in [-0.05, 0) is 108 Å².